The van der Waals surface area contributed by atoms with E-state index < -0.39 is 5.60 Å². The Morgan fingerprint density at radius 3 is 1.70 bits per heavy atom. The summed E-state index contributed by atoms with van der Waals surface area (Å²) in [5.41, 5.74) is 0.529. The Morgan fingerprint density at radius 2 is 1.18 bits per heavy atom. The van der Waals surface area contributed by atoms with Crippen LogP contribution in [0.5, 0.6) is 5.75 Å². The van der Waals surface area contributed by atoms with Gasteiger partial charge >= 0.3 is 0 Å². The van der Waals surface area contributed by atoms with Gasteiger partial charge in [0.15, 0.2) is 5.76 Å². The topological polar surface area (TPSA) is 29.5 Å². The molecule has 0 heterocycles. The highest BCUT2D eigenvalue weighted by atomic mass is 35.5. The lowest BCUT2D eigenvalue weighted by molar-refractivity contribution is 0.131. The second-order valence-electron chi connectivity index (χ2n) is 7.32. The van der Waals surface area contributed by atoms with Crippen LogP contribution in [-0.2, 0) is 5.60 Å². The van der Waals surface area contributed by atoms with Crippen molar-refractivity contribution >= 4 is 23.2 Å². The summed E-state index contributed by atoms with van der Waals surface area (Å²) < 4.78 is 6.10. The molecule has 0 unspecified atom stereocenters. The molecule has 4 rings (SSSR count). The van der Waals surface area contributed by atoms with Gasteiger partial charge in [0.1, 0.15) is 11.4 Å². The number of hydrogen-bond acceptors (Lipinski definition) is 2. The highest BCUT2D eigenvalue weighted by Gasteiger charge is 2.30. The van der Waals surface area contributed by atoms with Gasteiger partial charge < -0.3 is 9.84 Å². The van der Waals surface area contributed by atoms with E-state index in [1.807, 2.05) is 60.7 Å². The number of hydrogen-bond donors (Lipinski definition) is 1. The Labute approximate surface area is 203 Å². The van der Waals surface area contributed by atoms with Crippen LogP contribution in [0, 0.1) is 11.8 Å². The number of allylic oxidation sites excluding steroid dienone is 1. The molecular weight excluding hydrogens is 451 g/mol. The zero-order chi connectivity index (χ0) is 23.1. The first kappa shape index (κ1) is 22.7. The zero-order valence-electron chi connectivity index (χ0n) is 17.6. The van der Waals surface area contributed by atoms with Gasteiger partial charge in [-0.25, -0.2) is 0 Å². The average Bonchev–Trinajstić information content (AvgIpc) is 2.84. The SMILES string of the molecule is OC(/C=C(/C#Cc1ccccc1)Oc1ccccc1)(c1ccc(Cl)cc1)c1ccc(Cl)cc1. The molecule has 0 atom stereocenters. The van der Waals surface area contributed by atoms with Gasteiger partial charge in [-0.2, -0.15) is 0 Å². The molecule has 0 aliphatic rings. The fourth-order valence-electron chi connectivity index (χ4n) is 3.29. The molecule has 0 aromatic heterocycles. The van der Waals surface area contributed by atoms with Gasteiger partial charge in [-0.15, -0.1) is 0 Å². The Kier molecular flexibility index (Phi) is 7.17. The first-order valence-electron chi connectivity index (χ1n) is 10.3. The highest BCUT2D eigenvalue weighted by molar-refractivity contribution is 6.30. The summed E-state index contributed by atoms with van der Waals surface area (Å²) in [5.74, 6) is 7.11. The average molecular weight is 471 g/mol. The fraction of sp³-hybridized carbons (Fsp3) is 0.0345. The Morgan fingerprint density at radius 1 is 0.697 bits per heavy atom. The third-order valence-electron chi connectivity index (χ3n) is 4.98. The van der Waals surface area contributed by atoms with E-state index in [9.17, 15) is 5.11 Å². The molecule has 0 spiro atoms. The van der Waals surface area contributed by atoms with Crippen molar-refractivity contribution in [3.05, 3.63) is 148 Å². The van der Waals surface area contributed by atoms with Gasteiger partial charge in [0.05, 0.1) is 0 Å². The summed E-state index contributed by atoms with van der Waals surface area (Å²) in [4.78, 5) is 0. The number of rotatable bonds is 5. The monoisotopic (exact) mass is 470 g/mol. The van der Waals surface area contributed by atoms with E-state index in [1.54, 1.807) is 54.6 Å². The molecule has 4 heteroatoms. The van der Waals surface area contributed by atoms with E-state index in [2.05, 4.69) is 11.8 Å². The van der Waals surface area contributed by atoms with Crippen LogP contribution in [-0.4, -0.2) is 5.11 Å². The van der Waals surface area contributed by atoms with Crippen LogP contribution < -0.4 is 4.74 Å². The predicted molar refractivity (Wildman–Crippen MR) is 134 cm³/mol. The molecule has 4 aromatic carbocycles. The lowest BCUT2D eigenvalue weighted by atomic mass is 9.85. The lowest BCUT2D eigenvalue weighted by Gasteiger charge is -2.26. The molecule has 0 radical (unpaired) electrons. The summed E-state index contributed by atoms with van der Waals surface area (Å²) in [6.07, 6.45) is 1.61. The second kappa shape index (κ2) is 10.4. The van der Waals surface area contributed by atoms with Crippen molar-refractivity contribution in [2.75, 3.05) is 0 Å². The molecular formula is C29H20Cl2O2. The molecule has 162 valence electrons. The first-order chi connectivity index (χ1) is 16.0. The predicted octanol–water partition coefficient (Wildman–Crippen LogP) is 7.24. The molecule has 0 saturated heterocycles. The molecule has 0 fully saturated rings. The highest BCUT2D eigenvalue weighted by Crippen LogP contribution is 2.34. The van der Waals surface area contributed by atoms with E-state index in [0.717, 1.165) is 5.56 Å². The van der Waals surface area contributed by atoms with E-state index in [-0.39, 0.29) is 0 Å². The maximum atomic E-state index is 12.0. The molecule has 2 nitrogen and oxygen atoms in total. The third kappa shape index (κ3) is 5.86. The number of ether oxygens (including phenoxy) is 1. The van der Waals surface area contributed by atoms with Crippen molar-refractivity contribution in [3.8, 4) is 17.6 Å². The second-order valence-corrected chi connectivity index (χ2v) is 8.19. The number of para-hydroxylation sites is 1. The fourth-order valence-corrected chi connectivity index (χ4v) is 3.54. The van der Waals surface area contributed by atoms with Gasteiger partial charge in [0.25, 0.3) is 0 Å². The maximum Gasteiger partial charge on any atom is 0.177 e. The molecule has 0 amide bonds. The van der Waals surface area contributed by atoms with Crippen LogP contribution in [0.15, 0.2) is 121 Å². The van der Waals surface area contributed by atoms with Gasteiger partial charge in [-0.3, -0.25) is 0 Å². The van der Waals surface area contributed by atoms with Crippen molar-refractivity contribution in [3.63, 3.8) is 0 Å². The molecule has 33 heavy (non-hydrogen) atoms. The molecule has 0 saturated carbocycles. The van der Waals surface area contributed by atoms with Crippen molar-refractivity contribution in [2.24, 2.45) is 0 Å². The van der Waals surface area contributed by atoms with Crippen LogP contribution in [0.2, 0.25) is 10.0 Å². The van der Waals surface area contributed by atoms with Gasteiger partial charge in [-0.1, -0.05) is 89.8 Å². The molecule has 0 aliphatic carbocycles. The van der Waals surface area contributed by atoms with Crippen molar-refractivity contribution in [2.45, 2.75) is 5.60 Å². The van der Waals surface area contributed by atoms with Crippen LogP contribution in [0.4, 0.5) is 0 Å². The minimum atomic E-state index is -1.54. The van der Waals surface area contributed by atoms with Gasteiger partial charge in [-0.05, 0) is 65.6 Å². The van der Waals surface area contributed by atoms with E-state index in [1.165, 1.54) is 0 Å². The Balaban J connectivity index is 1.85. The van der Waals surface area contributed by atoms with Crippen LogP contribution in [0.3, 0.4) is 0 Å². The summed E-state index contributed by atoms with van der Waals surface area (Å²) in [7, 11) is 0. The van der Waals surface area contributed by atoms with Gasteiger partial charge in [0, 0.05) is 21.7 Å². The standard InChI is InChI=1S/C29H20Cl2O2/c30-25-16-12-23(13-17-25)29(32,24-14-18-26(31)19-15-24)21-28(33-27-9-5-2-6-10-27)20-11-22-7-3-1-4-8-22/h1-10,12-19,21,32H/b28-21-. The van der Waals surface area contributed by atoms with Crippen molar-refractivity contribution in [1.29, 1.82) is 0 Å². The van der Waals surface area contributed by atoms with Crippen LogP contribution in [0.1, 0.15) is 16.7 Å². The third-order valence-corrected chi connectivity index (χ3v) is 5.49. The number of benzene rings is 4. The molecule has 4 aromatic rings. The smallest absolute Gasteiger partial charge is 0.177 e. The number of aliphatic hydroxyl groups is 1. The van der Waals surface area contributed by atoms with E-state index in [0.29, 0.717) is 32.7 Å². The molecule has 1 N–H and O–H groups in total. The molecule has 0 aliphatic heterocycles. The van der Waals surface area contributed by atoms with Crippen molar-refractivity contribution in [1.82, 2.24) is 0 Å². The summed E-state index contributed by atoms with van der Waals surface area (Å²) >= 11 is 12.2. The van der Waals surface area contributed by atoms with Crippen molar-refractivity contribution < 1.29 is 9.84 Å². The minimum absolute atomic E-state index is 0.303. The van der Waals surface area contributed by atoms with Crippen LogP contribution >= 0.6 is 23.2 Å². The zero-order valence-corrected chi connectivity index (χ0v) is 19.1. The summed E-state index contributed by atoms with van der Waals surface area (Å²) in [6, 6.07) is 33.0. The largest absolute Gasteiger partial charge is 0.449 e. The normalized spacial score (nSPS) is 11.4. The van der Waals surface area contributed by atoms with E-state index >= 15 is 0 Å². The summed E-state index contributed by atoms with van der Waals surface area (Å²) in [5, 5.41) is 13.1. The Bertz CT molecular complexity index is 1240. The number of halogens is 2. The first-order valence-corrected chi connectivity index (χ1v) is 11.1. The minimum Gasteiger partial charge on any atom is -0.449 e. The van der Waals surface area contributed by atoms with Crippen LogP contribution in [0.25, 0.3) is 0 Å². The van der Waals surface area contributed by atoms with E-state index in [4.69, 9.17) is 27.9 Å². The maximum absolute atomic E-state index is 12.0. The quantitative estimate of drug-likeness (QED) is 0.246. The Hall–Kier alpha value is -3.48. The summed E-state index contributed by atoms with van der Waals surface area (Å²) in [6.45, 7) is 0. The molecule has 0 bridgehead atoms. The van der Waals surface area contributed by atoms with Gasteiger partial charge in [0.2, 0.25) is 0 Å². The lowest BCUT2D eigenvalue weighted by Crippen LogP contribution is -2.25.